The smallest absolute Gasteiger partial charge is 0.272 e. The highest BCUT2D eigenvalue weighted by Crippen LogP contribution is 2.25. The number of anilines is 1. The Morgan fingerprint density at radius 2 is 1.26 bits per heavy atom. The Hall–Kier alpha value is -5.72. The van der Waals surface area contributed by atoms with Crippen LogP contribution in [-0.2, 0) is 4.79 Å². The number of benzene rings is 6. The van der Waals surface area contributed by atoms with Crippen molar-refractivity contribution in [2.24, 2.45) is 0 Å². The summed E-state index contributed by atoms with van der Waals surface area (Å²) >= 11 is 1.40. The van der Waals surface area contributed by atoms with Gasteiger partial charge in [0.1, 0.15) is 5.70 Å². The SMILES string of the molecule is O=C(Nc1cccc(SCC(=O)c2ccc(-c3ccccc3)cc2)c1)/C(=C/c1cccc2ccccc12)NC(=O)c1ccccc1. The fraction of sp³-hybridized carbons (Fsp3) is 0.0250. The van der Waals surface area contributed by atoms with Crippen molar-refractivity contribution in [3.8, 4) is 11.1 Å². The third kappa shape index (κ3) is 7.49. The van der Waals surface area contributed by atoms with Crippen LogP contribution in [0.4, 0.5) is 5.69 Å². The molecule has 0 spiro atoms. The van der Waals surface area contributed by atoms with Crippen LogP contribution in [0.5, 0.6) is 0 Å². The van der Waals surface area contributed by atoms with Crippen LogP contribution in [0.1, 0.15) is 26.3 Å². The predicted molar refractivity (Wildman–Crippen MR) is 188 cm³/mol. The van der Waals surface area contributed by atoms with E-state index >= 15 is 0 Å². The summed E-state index contributed by atoms with van der Waals surface area (Å²) in [6, 6.07) is 47.5. The van der Waals surface area contributed by atoms with Crippen molar-refractivity contribution >= 4 is 51.9 Å². The molecule has 46 heavy (non-hydrogen) atoms. The van der Waals surface area contributed by atoms with Crippen LogP contribution >= 0.6 is 11.8 Å². The quantitative estimate of drug-likeness (QED) is 0.0914. The molecule has 5 nitrogen and oxygen atoms in total. The van der Waals surface area contributed by atoms with Gasteiger partial charge in [-0.1, -0.05) is 121 Å². The molecular formula is C40H30N2O3S. The van der Waals surface area contributed by atoms with Crippen molar-refractivity contribution in [3.05, 3.63) is 174 Å². The summed E-state index contributed by atoms with van der Waals surface area (Å²) < 4.78 is 0. The van der Waals surface area contributed by atoms with Gasteiger partial charge in [-0.25, -0.2) is 0 Å². The minimum atomic E-state index is -0.464. The van der Waals surface area contributed by atoms with E-state index in [1.807, 2.05) is 121 Å². The minimum absolute atomic E-state index is 0.0166. The molecular weight excluding hydrogens is 589 g/mol. The lowest BCUT2D eigenvalue weighted by Crippen LogP contribution is -2.30. The van der Waals surface area contributed by atoms with Crippen molar-refractivity contribution in [1.29, 1.82) is 0 Å². The average molecular weight is 619 g/mol. The van der Waals surface area contributed by atoms with Gasteiger partial charge in [0, 0.05) is 21.7 Å². The van der Waals surface area contributed by atoms with Crippen LogP contribution < -0.4 is 10.6 Å². The van der Waals surface area contributed by atoms with Gasteiger partial charge >= 0.3 is 0 Å². The molecule has 0 aliphatic heterocycles. The summed E-state index contributed by atoms with van der Waals surface area (Å²) in [5.74, 6) is -0.583. The summed E-state index contributed by atoms with van der Waals surface area (Å²) in [5.41, 5.74) is 4.71. The zero-order chi connectivity index (χ0) is 31.7. The minimum Gasteiger partial charge on any atom is -0.321 e. The Morgan fingerprint density at radius 1 is 0.609 bits per heavy atom. The summed E-state index contributed by atoms with van der Waals surface area (Å²) in [6.45, 7) is 0. The number of fused-ring (bicyclic) bond motifs is 1. The van der Waals surface area contributed by atoms with Gasteiger partial charge in [-0.15, -0.1) is 11.8 Å². The van der Waals surface area contributed by atoms with Gasteiger partial charge in [-0.2, -0.15) is 0 Å². The van der Waals surface area contributed by atoms with Crippen LogP contribution in [0.25, 0.3) is 28.0 Å². The van der Waals surface area contributed by atoms with Crippen molar-refractivity contribution in [1.82, 2.24) is 5.32 Å². The molecule has 0 aromatic heterocycles. The Balaban J connectivity index is 1.17. The highest BCUT2D eigenvalue weighted by molar-refractivity contribution is 8.00. The summed E-state index contributed by atoms with van der Waals surface area (Å²) in [6.07, 6.45) is 1.69. The number of carbonyl (C=O) groups excluding carboxylic acids is 3. The molecule has 0 aliphatic rings. The molecule has 0 saturated carbocycles. The molecule has 0 fully saturated rings. The average Bonchev–Trinajstić information content (AvgIpc) is 3.11. The highest BCUT2D eigenvalue weighted by Gasteiger charge is 2.16. The summed E-state index contributed by atoms with van der Waals surface area (Å²) in [7, 11) is 0. The largest absolute Gasteiger partial charge is 0.321 e. The van der Waals surface area contributed by atoms with Crippen LogP contribution in [0, 0.1) is 0 Å². The number of carbonyl (C=O) groups is 3. The molecule has 6 aromatic rings. The van der Waals surface area contributed by atoms with Gasteiger partial charge in [-0.3, -0.25) is 14.4 Å². The molecule has 6 aromatic carbocycles. The van der Waals surface area contributed by atoms with Crippen molar-refractivity contribution in [2.75, 3.05) is 11.1 Å². The van der Waals surface area contributed by atoms with E-state index in [1.54, 1.807) is 36.4 Å². The third-order valence-corrected chi connectivity index (χ3v) is 8.42. The Kier molecular flexibility index (Phi) is 9.47. The van der Waals surface area contributed by atoms with E-state index in [4.69, 9.17) is 0 Å². The molecule has 2 amide bonds. The number of nitrogens with one attached hydrogen (secondary N) is 2. The maximum Gasteiger partial charge on any atom is 0.272 e. The number of hydrogen-bond acceptors (Lipinski definition) is 4. The van der Waals surface area contributed by atoms with E-state index in [0.29, 0.717) is 16.8 Å². The van der Waals surface area contributed by atoms with Crippen LogP contribution in [0.15, 0.2) is 162 Å². The van der Waals surface area contributed by atoms with Crippen LogP contribution in [0.3, 0.4) is 0 Å². The van der Waals surface area contributed by atoms with Gasteiger partial charge < -0.3 is 10.6 Å². The zero-order valence-electron chi connectivity index (χ0n) is 24.9. The van der Waals surface area contributed by atoms with E-state index in [0.717, 1.165) is 32.4 Å². The second-order valence-corrected chi connectivity index (χ2v) is 11.6. The molecule has 6 heteroatoms. The Labute approximate surface area is 272 Å². The first-order valence-electron chi connectivity index (χ1n) is 14.8. The second-order valence-electron chi connectivity index (χ2n) is 10.6. The number of hydrogen-bond donors (Lipinski definition) is 2. The molecule has 6 rings (SSSR count). The lowest BCUT2D eigenvalue weighted by atomic mass is 10.0. The van der Waals surface area contributed by atoms with E-state index in [-0.39, 0.29) is 23.1 Å². The number of thioether (sulfide) groups is 1. The first-order valence-corrected chi connectivity index (χ1v) is 15.8. The van der Waals surface area contributed by atoms with Crippen molar-refractivity contribution in [3.63, 3.8) is 0 Å². The second kappa shape index (κ2) is 14.4. The summed E-state index contributed by atoms with van der Waals surface area (Å²) in [4.78, 5) is 40.6. The number of rotatable bonds is 10. The fourth-order valence-electron chi connectivity index (χ4n) is 5.05. The Morgan fingerprint density at radius 3 is 2.04 bits per heavy atom. The molecule has 0 aliphatic carbocycles. The van der Waals surface area contributed by atoms with Gasteiger partial charge in [0.15, 0.2) is 5.78 Å². The van der Waals surface area contributed by atoms with E-state index in [1.165, 1.54) is 11.8 Å². The van der Waals surface area contributed by atoms with Crippen LogP contribution in [0.2, 0.25) is 0 Å². The van der Waals surface area contributed by atoms with Crippen molar-refractivity contribution in [2.45, 2.75) is 4.90 Å². The zero-order valence-corrected chi connectivity index (χ0v) is 25.7. The highest BCUT2D eigenvalue weighted by atomic mass is 32.2. The normalized spacial score (nSPS) is 11.2. The lowest BCUT2D eigenvalue weighted by molar-refractivity contribution is -0.113. The molecule has 0 heterocycles. The van der Waals surface area contributed by atoms with Gasteiger partial charge in [0.05, 0.1) is 5.75 Å². The standard InChI is InChI=1S/C40H30N2O3S/c43-38(31-23-21-29(22-24-31)28-11-3-1-4-12-28)27-46-35-19-10-18-34(26-35)41-40(45)37(42-39(44)32-14-5-2-6-15-32)25-33-17-9-16-30-13-7-8-20-36(30)33/h1-26H,27H2,(H,41,45)(H,42,44)/b37-25-. The van der Waals surface area contributed by atoms with Crippen molar-refractivity contribution < 1.29 is 14.4 Å². The monoisotopic (exact) mass is 618 g/mol. The van der Waals surface area contributed by atoms with Gasteiger partial charge in [-0.05, 0) is 63.9 Å². The number of ketones is 1. The first kappa shape index (κ1) is 30.3. The van der Waals surface area contributed by atoms with E-state index < -0.39 is 5.91 Å². The molecule has 0 atom stereocenters. The fourth-order valence-corrected chi connectivity index (χ4v) is 5.90. The first-order chi connectivity index (χ1) is 22.5. The predicted octanol–water partition coefficient (Wildman–Crippen LogP) is 8.89. The van der Waals surface area contributed by atoms with E-state index in [2.05, 4.69) is 10.6 Å². The van der Waals surface area contributed by atoms with Gasteiger partial charge in [0.2, 0.25) is 0 Å². The molecule has 0 unspecified atom stereocenters. The molecule has 0 saturated heterocycles. The summed E-state index contributed by atoms with van der Waals surface area (Å²) in [5, 5.41) is 7.73. The third-order valence-electron chi connectivity index (χ3n) is 7.43. The molecule has 0 radical (unpaired) electrons. The molecule has 0 bridgehead atoms. The van der Waals surface area contributed by atoms with E-state index in [9.17, 15) is 14.4 Å². The lowest BCUT2D eigenvalue weighted by Gasteiger charge is -2.13. The number of Topliss-reactive ketones (excluding diaryl/α,β-unsaturated/α-hetero) is 1. The van der Waals surface area contributed by atoms with Crippen LogP contribution in [-0.4, -0.2) is 23.4 Å². The maximum atomic E-state index is 13.7. The molecule has 2 N–H and O–H groups in total. The van der Waals surface area contributed by atoms with Gasteiger partial charge in [0.25, 0.3) is 11.8 Å². The number of amides is 2. The molecule has 224 valence electrons. The topological polar surface area (TPSA) is 75.3 Å². The maximum absolute atomic E-state index is 13.7. The Bertz CT molecular complexity index is 2030.